The summed E-state index contributed by atoms with van der Waals surface area (Å²) in [6, 6.07) is 6.98. The van der Waals surface area contributed by atoms with Crippen LogP contribution < -0.4 is 16.4 Å². The van der Waals surface area contributed by atoms with Crippen LogP contribution in [0.3, 0.4) is 0 Å². The molecule has 34 heavy (non-hydrogen) atoms. The number of hydrazine groups is 1. The molecule has 6 N–H and O–H groups in total. The third kappa shape index (κ3) is 6.20. The van der Waals surface area contributed by atoms with Crippen LogP contribution in [-0.4, -0.2) is 42.8 Å². The van der Waals surface area contributed by atoms with Crippen molar-refractivity contribution in [3.8, 4) is 0 Å². The summed E-state index contributed by atoms with van der Waals surface area (Å²) < 4.78 is 33.3. The van der Waals surface area contributed by atoms with Crippen LogP contribution in [0.2, 0.25) is 0 Å². The van der Waals surface area contributed by atoms with Crippen LogP contribution in [0.4, 0.5) is 5.69 Å². The molecule has 0 radical (unpaired) electrons. The molecule has 0 spiro atoms. The molecule has 0 saturated heterocycles. The summed E-state index contributed by atoms with van der Waals surface area (Å²) in [6.07, 6.45) is 4.45. The molecule has 190 valence electrons. The van der Waals surface area contributed by atoms with Crippen LogP contribution in [0.1, 0.15) is 70.8 Å². The van der Waals surface area contributed by atoms with Crippen molar-refractivity contribution in [3.05, 3.63) is 41.2 Å². The summed E-state index contributed by atoms with van der Waals surface area (Å²) in [4.78, 5) is 11.3. The highest BCUT2D eigenvalue weighted by Gasteiger charge is 2.41. The minimum absolute atomic E-state index is 0.0773. The zero-order valence-electron chi connectivity index (χ0n) is 20.3. The number of nitrogens with two attached hydrogens (primary N) is 2. The van der Waals surface area contributed by atoms with Crippen molar-refractivity contribution in [3.63, 3.8) is 0 Å². The molecule has 1 aliphatic carbocycles. The molecule has 0 heterocycles. The van der Waals surface area contributed by atoms with Gasteiger partial charge in [-0.3, -0.25) is 14.5 Å². The van der Waals surface area contributed by atoms with Gasteiger partial charge < -0.3 is 15.7 Å². The minimum atomic E-state index is -4.10. The number of anilines is 1. The van der Waals surface area contributed by atoms with Gasteiger partial charge >= 0.3 is 0 Å². The molecule has 1 fully saturated rings. The molecule has 1 saturated carbocycles. The normalized spacial score (nSPS) is 16.4. The number of benzene rings is 1. The average molecular weight is 496 g/mol. The van der Waals surface area contributed by atoms with Gasteiger partial charge in [-0.15, -0.1) is 5.10 Å². The lowest BCUT2D eigenvalue weighted by molar-refractivity contribution is -0.144. The fourth-order valence-electron chi connectivity index (χ4n) is 4.59. The first-order chi connectivity index (χ1) is 16.1. The number of aliphatic hydroxyl groups is 1. The SMILES string of the molecule is CCCC(CCC)(OC=O)/C(O)=C(\C)C(c1cccc(NS(=O)(=O)/C(=N/N)N(C)N)c1)C1CC1. The van der Waals surface area contributed by atoms with Crippen LogP contribution in [0.25, 0.3) is 0 Å². The largest absolute Gasteiger partial charge is 0.508 e. The molecule has 1 unspecified atom stereocenters. The van der Waals surface area contributed by atoms with Gasteiger partial charge in [0.25, 0.3) is 21.7 Å². The van der Waals surface area contributed by atoms with Crippen molar-refractivity contribution in [2.75, 3.05) is 11.8 Å². The fraction of sp³-hybridized carbons (Fsp3) is 0.565. The van der Waals surface area contributed by atoms with Crippen LogP contribution in [-0.2, 0) is 19.6 Å². The van der Waals surface area contributed by atoms with E-state index in [1.807, 2.05) is 26.8 Å². The summed E-state index contributed by atoms with van der Waals surface area (Å²) in [7, 11) is -2.78. The number of hydrogen-bond donors (Lipinski definition) is 4. The van der Waals surface area contributed by atoms with Crippen LogP contribution in [0.15, 0.2) is 40.7 Å². The molecule has 0 aromatic heterocycles. The van der Waals surface area contributed by atoms with E-state index in [1.165, 1.54) is 7.05 Å². The number of carbonyl (C=O) groups is 1. The number of carbonyl (C=O) groups excluding carboxylic acids is 1. The average Bonchev–Trinajstić information content (AvgIpc) is 3.58. The minimum Gasteiger partial charge on any atom is -0.508 e. The molecule has 11 heteroatoms. The third-order valence-corrected chi connectivity index (χ3v) is 7.48. The molecule has 1 atom stereocenters. The lowest BCUT2D eigenvalue weighted by Crippen LogP contribution is -2.42. The second kappa shape index (κ2) is 11.6. The Hall–Kier alpha value is -2.79. The summed E-state index contributed by atoms with van der Waals surface area (Å²) in [5.74, 6) is 10.9. The van der Waals surface area contributed by atoms with Crippen molar-refractivity contribution in [2.24, 2.45) is 22.7 Å². The summed E-state index contributed by atoms with van der Waals surface area (Å²) >= 11 is 0. The Morgan fingerprint density at radius 3 is 2.44 bits per heavy atom. The number of amidine groups is 1. The van der Waals surface area contributed by atoms with E-state index < -0.39 is 20.8 Å². The van der Waals surface area contributed by atoms with E-state index in [2.05, 4.69) is 9.82 Å². The number of aliphatic hydroxyl groups excluding tert-OH is 1. The topological polar surface area (TPSA) is 160 Å². The maximum Gasteiger partial charge on any atom is 0.298 e. The Morgan fingerprint density at radius 1 is 1.35 bits per heavy atom. The first-order valence-corrected chi connectivity index (χ1v) is 13.0. The standard InChI is InChI=1S/C23H37N5O5S/c1-5-12-23(13-6-2,33-15-29)21(30)16(3)20(17-10-11-17)18-8-7-9-19(14-18)27-34(31,32)22(26-24)28(4)25/h7-9,14-15,17,20,27,30H,5-6,10-13,24-25H2,1-4H3/b21-16-,26-22+. The highest BCUT2D eigenvalue weighted by Crippen LogP contribution is 2.49. The molecule has 1 aliphatic rings. The number of sulfonamides is 1. The second-order valence-electron chi connectivity index (χ2n) is 8.81. The first kappa shape index (κ1) is 27.5. The molecule has 0 aliphatic heterocycles. The zero-order valence-corrected chi connectivity index (χ0v) is 21.1. The van der Waals surface area contributed by atoms with E-state index in [-0.39, 0.29) is 11.7 Å². The van der Waals surface area contributed by atoms with Gasteiger partial charge in [0.05, 0.1) is 0 Å². The van der Waals surface area contributed by atoms with E-state index in [0.717, 1.165) is 41.8 Å². The van der Waals surface area contributed by atoms with E-state index >= 15 is 0 Å². The lowest BCUT2D eigenvalue weighted by Gasteiger charge is -2.34. The molecule has 10 nitrogen and oxygen atoms in total. The van der Waals surface area contributed by atoms with Crippen molar-refractivity contribution >= 4 is 27.4 Å². The van der Waals surface area contributed by atoms with Crippen LogP contribution in [0, 0.1) is 5.92 Å². The van der Waals surface area contributed by atoms with Gasteiger partial charge in [-0.1, -0.05) is 38.8 Å². The molecule has 1 aromatic rings. The van der Waals surface area contributed by atoms with Gasteiger partial charge in [-0.25, -0.2) is 5.84 Å². The Bertz CT molecular complexity index is 1010. The predicted molar refractivity (Wildman–Crippen MR) is 133 cm³/mol. The molecular weight excluding hydrogens is 458 g/mol. The van der Waals surface area contributed by atoms with Gasteiger partial charge in [0, 0.05) is 18.7 Å². The molecule has 0 bridgehead atoms. The van der Waals surface area contributed by atoms with Gasteiger partial charge in [0.15, 0.2) is 5.60 Å². The lowest BCUT2D eigenvalue weighted by atomic mass is 9.81. The Kier molecular flexibility index (Phi) is 9.34. The van der Waals surface area contributed by atoms with E-state index in [9.17, 15) is 18.3 Å². The maximum absolute atomic E-state index is 12.6. The number of nitrogens with zero attached hydrogens (tertiary/aromatic N) is 2. The van der Waals surface area contributed by atoms with Gasteiger partial charge in [0.2, 0.25) is 0 Å². The summed E-state index contributed by atoms with van der Waals surface area (Å²) in [5, 5.41) is 15.0. The van der Waals surface area contributed by atoms with E-state index in [0.29, 0.717) is 30.9 Å². The highest BCUT2D eigenvalue weighted by molar-refractivity contribution is 8.07. The van der Waals surface area contributed by atoms with Gasteiger partial charge in [-0.05, 0) is 61.8 Å². The number of hydrogen-bond acceptors (Lipinski definition) is 8. The van der Waals surface area contributed by atoms with Crippen molar-refractivity contribution in [2.45, 2.75) is 70.8 Å². The van der Waals surface area contributed by atoms with E-state index in [4.69, 9.17) is 16.4 Å². The summed E-state index contributed by atoms with van der Waals surface area (Å²) in [6.45, 7) is 6.22. The highest BCUT2D eigenvalue weighted by atomic mass is 32.2. The number of allylic oxidation sites excluding steroid dienone is 1. The smallest absolute Gasteiger partial charge is 0.298 e. The van der Waals surface area contributed by atoms with Crippen LogP contribution >= 0.6 is 0 Å². The predicted octanol–water partition coefficient (Wildman–Crippen LogP) is 3.30. The third-order valence-electron chi connectivity index (χ3n) is 6.10. The van der Waals surface area contributed by atoms with Crippen molar-refractivity contribution < 1.29 is 23.1 Å². The Balaban J connectivity index is 2.50. The van der Waals surface area contributed by atoms with Gasteiger partial charge in [-0.2, -0.15) is 8.42 Å². The molecule has 2 rings (SSSR count). The summed E-state index contributed by atoms with van der Waals surface area (Å²) in [5.41, 5.74) is 0.806. The van der Waals surface area contributed by atoms with Gasteiger partial charge in [0.1, 0.15) is 5.76 Å². The number of hydrazone groups is 1. The zero-order chi connectivity index (χ0) is 25.5. The molecule has 0 amide bonds. The fourth-order valence-corrected chi connectivity index (χ4v) is 5.64. The maximum atomic E-state index is 12.6. The quantitative estimate of drug-likeness (QED) is 0.0858. The van der Waals surface area contributed by atoms with Crippen molar-refractivity contribution in [1.82, 2.24) is 5.01 Å². The second-order valence-corrected chi connectivity index (χ2v) is 10.4. The molecular formula is C23H37N5O5S. The molecule has 1 aromatic carbocycles. The Morgan fingerprint density at radius 2 is 1.97 bits per heavy atom. The number of nitrogens with one attached hydrogen (secondary N) is 1. The monoisotopic (exact) mass is 495 g/mol. The Labute approximate surface area is 202 Å². The first-order valence-electron chi connectivity index (χ1n) is 11.5. The van der Waals surface area contributed by atoms with E-state index in [1.54, 1.807) is 18.2 Å². The number of ether oxygens (including phenoxy) is 1. The number of rotatable bonds is 12. The van der Waals surface area contributed by atoms with Crippen LogP contribution in [0.5, 0.6) is 0 Å². The van der Waals surface area contributed by atoms with Crippen molar-refractivity contribution in [1.29, 1.82) is 0 Å².